The van der Waals surface area contributed by atoms with Gasteiger partial charge in [-0.05, 0) is 77.8 Å². The van der Waals surface area contributed by atoms with E-state index in [0.717, 1.165) is 16.5 Å². The van der Waals surface area contributed by atoms with Crippen molar-refractivity contribution >= 4 is 54.3 Å². The van der Waals surface area contributed by atoms with Crippen LogP contribution in [0.4, 0.5) is 0 Å². The van der Waals surface area contributed by atoms with Crippen LogP contribution >= 0.6 is 0 Å². The Labute approximate surface area is 302 Å². The van der Waals surface area contributed by atoms with Crippen molar-refractivity contribution in [1.82, 2.24) is 0 Å². The minimum Gasteiger partial charge on any atom is -0.455 e. The lowest BCUT2D eigenvalue weighted by molar-refractivity contribution is 0.670. The maximum absolute atomic E-state index is 9.63. The molecule has 10 rings (SSSR count). The van der Waals surface area contributed by atoms with Gasteiger partial charge in [0.15, 0.2) is 0 Å². The Kier molecular flexibility index (Phi) is 3.99. The van der Waals surface area contributed by atoms with Crippen LogP contribution in [0.5, 0.6) is 0 Å². The van der Waals surface area contributed by atoms with Gasteiger partial charge in [0.25, 0.3) is 0 Å². The van der Waals surface area contributed by atoms with Gasteiger partial charge in [-0.1, -0.05) is 170 Å². The molecule has 0 unspecified atom stereocenters. The van der Waals surface area contributed by atoms with Crippen LogP contribution in [0.25, 0.3) is 98.8 Å². The fourth-order valence-corrected chi connectivity index (χ4v) is 7.08. The van der Waals surface area contributed by atoms with Crippen molar-refractivity contribution in [3.8, 4) is 44.5 Å². The van der Waals surface area contributed by atoms with Gasteiger partial charge in [0.05, 0.1) is 17.8 Å². The molecule has 0 bridgehead atoms. The molecule has 0 aliphatic carbocycles. The predicted molar refractivity (Wildman–Crippen MR) is 208 cm³/mol. The highest BCUT2D eigenvalue weighted by molar-refractivity contribution is 6.27. The molecule has 10 aromatic rings. The first-order valence-corrected chi connectivity index (χ1v) is 15.8. The first-order chi connectivity index (χ1) is 29.7. The lowest BCUT2D eigenvalue weighted by Crippen LogP contribution is -1.94. The van der Waals surface area contributed by atoms with Crippen molar-refractivity contribution < 1.29 is 22.2 Å². The monoisotopic (exact) mass is 635 g/mol. The first kappa shape index (κ1) is 17.6. The average Bonchev–Trinajstić information content (AvgIpc) is 3.67. The molecular weight excluding hydrogens is 593 g/mol. The van der Waals surface area contributed by atoms with E-state index in [4.69, 9.17) is 16.8 Å². The SMILES string of the molecule is [2H]c1c([2H])c([2H])c(-c2ccc3ccccc3c2-c2c3c([2H])c([2H])c([2H])c([2H])c3c(-c3cccc4c3oc3cc(-c5ccccc5)ccc34)c3c([2H])c([2H])c([2H])c([2H])c23)c([2H])c1[2H]. The topological polar surface area (TPSA) is 13.1 Å². The standard InChI is InChI=1S/C48H30O/c1-3-14-31(15-4-1)34-27-29-37-42-24-13-25-43(48(42)49-44(37)30-34)45-38-20-9-11-22-40(38)47(41-23-12-10-21-39(41)45)46-35-19-8-7-18-33(35)26-28-36(46)32-16-5-2-6-17-32/h1-30H/i2D,5D,6D,9D,10D,11D,12D,16D,17D,20D,21D,22D,23D. The van der Waals surface area contributed by atoms with Crippen LogP contribution in [-0.4, -0.2) is 0 Å². The van der Waals surface area contributed by atoms with Crippen LogP contribution in [0.1, 0.15) is 17.8 Å². The fourth-order valence-electron chi connectivity index (χ4n) is 7.08. The molecule has 0 spiro atoms. The quantitative estimate of drug-likeness (QED) is 0.175. The molecular formula is C48H30O. The summed E-state index contributed by atoms with van der Waals surface area (Å²) in [6, 6.07) is 24.1. The van der Waals surface area contributed by atoms with E-state index < -0.39 is 78.6 Å². The third-order valence-corrected chi connectivity index (χ3v) is 9.20. The van der Waals surface area contributed by atoms with Crippen LogP contribution in [0, 0.1) is 0 Å². The maximum atomic E-state index is 9.63. The van der Waals surface area contributed by atoms with Gasteiger partial charge in [-0.3, -0.25) is 0 Å². The third kappa shape index (κ3) is 4.33. The summed E-state index contributed by atoms with van der Waals surface area (Å²) in [4.78, 5) is 0. The van der Waals surface area contributed by atoms with Gasteiger partial charge in [0, 0.05) is 21.9 Å². The van der Waals surface area contributed by atoms with Crippen molar-refractivity contribution in [2.75, 3.05) is 0 Å². The van der Waals surface area contributed by atoms with E-state index in [2.05, 4.69) is 0 Å². The highest BCUT2D eigenvalue weighted by Crippen LogP contribution is 2.49. The molecule has 49 heavy (non-hydrogen) atoms. The number of furan rings is 1. The fraction of sp³-hybridized carbons (Fsp3) is 0. The second-order valence-electron chi connectivity index (χ2n) is 11.8. The molecule has 0 radical (unpaired) electrons. The van der Waals surface area contributed by atoms with Crippen molar-refractivity contribution in [3.05, 3.63) is 182 Å². The lowest BCUT2D eigenvalue weighted by atomic mass is 9.82. The number of hydrogen-bond acceptors (Lipinski definition) is 1. The summed E-state index contributed by atoms with van der Waals surface area (Å²) in [7, 11) is 0. The Hall–Kier alpha value is -6.44. The van der Waals surface area contributed by atoms with E-state index in [0.29, 0.717) is 32.9 Å². The largest absolute Gasteiger partial charge is 0.455 e. The van der Waals surface area contributed by atoms with Crippen LogP contribution in [0.15, 0.2) is 186 Å². The summed E-state index contributed by atoms with van der Waals surface area (Å²) in [5.74, 6) is 0. The Balaban J connectivity index is 1.47. The summed E-state index contributed by atoms with van der Waals surface area (Å²) in [6.07, 6.45) is 0. The zero-order valence-electron chi connectivity index (χ0n) is 38.7. The van der Waals surface area contributed by atoms with Gasteiger partial charge in [0.1, 0.15) is 11.2 Å². The smallest absolute Gasteiger partial charge is 0.143 e. The minimum atomic E-state index is -0.606. The number of rotatable bonds is 4. The lowest BCUT2D eigenvalue weighted by Gasteiger charge is -2.21. The van der Waals surface area contributed by atoms with Crippen molar-refractivity contribution in [2.24, 2.45) is 0 Å². The van der Waals surface area contributed by atoms with Gasteiger partial charge in [-0.15, -0.1) is 0 Å². The molecule has 1 heteroatoms. The summed E-state index contributed by atoms with van der Waals surface area (Å²) in [5, 5.41) is 2.20. The first-order valence-electron chi connectivity index (χ1n) is 22.3. The number of para-hydroxylation sites is 1. The van der Waals surface area contributed by atoms with Crippen LogP contribution in [0.3, 0.4) is 0 Å². The molecule has 0 atom stereocenters. The van der Waals surface area contributed by atoms with Gasteiger partial charge < -0.3 is 4.42 Å². The average molecular weight is 636 g/mol. The maximum Gasteiger partial charge on any atom is 0.143 e. The third-order valence-electron chi connectivity index (χ3n) is 9.20. The van der Waals surface area contributed by atoms with E-state index in [1.165, 1.54) is 0 Å². The molecule has 0 saturated carbocycles. The second-order valence-corrected chi connectivity index (χ2v) is 11.8. The van der Waals surface area contributed by atoms with Gasteiger partial charge in [0.2, 0.25) is 0 Å². The minimum absolute atomic E-state index is 0.0133. The molecule has 0 aliphatic heterocycles. The van der Waals surface area contributed by atoms with Crippen LogP contribution < -0.4 is 0 Å². The van der Waals surface area contributed by atoms with E-state index in [1.807, 2.05) is 54.6 Å². The van der Waals surface area contributed by atoms with E-state index in [1.54, 1.807) is 48.5 Å². The predicted octanol–water partition coefficient (Wildman–Crippen LogP) is 13.7. The Morgan fingerprint density at radius 2 is 1.02 bits per heavy atom. The number of fused-ring (bicyclic) bond motifs is 6. The zero-order valence-corrected chi connectivity index (χ0v) is 25.7. The summed E-state index contributed by atoms with van der Waals surface area (Å²) >= 11 is 0. The van der Waals surface area contributed by atoms with Crippen molar-refractivity contribution in [2.45, 2.75) is 0 Å². The van der Waals surface area contributed by atoms with E-state index in [9.17, 15) is 5.48 Å². The van der Waals surface area contributed by atoms with Crippen LogP contribution in [-0.2, 0) is 0 Å². The van der Waals surface area contributed by atoms with Crippen LogP contribution in [0.2, 0.25) is 0 Å². The van der Waals surface area contributed by atoms with Gasteiger partial charge >= 0.3 is 0 Å². The van der Waals surface area contributed by atoms with Crippen molar-refractivity contribution in [3.63, 3.8) is 0 Å². The molecule has 0 aliphatic rings. The molecule has 9 aromatic carbocycles. The highest BCUT2D eigenvalue weighted by Gasteiger charge is 2.23. The molecule has 1 nitrogen and oxygen atoms in total. The highest BCUT2D eigenvalue weighted by atomic mass is 16.3. The molecule has 0 amide bonds. The number of hydrogen-bond donors (Lipinski definition) is 0. The Morgan fingerprint density at radius 3 is 1.78 bits per heavy atom. The molecule has 1 aromatic heterocycles. The Morgan fingerprint density at radius 1 is 0.367 bits per heavy atom. The normalized spacial score (nSPS) is 15.4. The molecule has 1 heterocycles. The second kappa shape index (κ2) is 11.1. The van der Waals surface area contributed by atoms with E-state index >= 15 is 0 Å². The van der Waals surface area contributed by atoms with E-state index in [-0.39, 0.29) is 49.4 Å². The Bertz CT molecular complexity index is 3510. The molecule has 0 N–H and O–H groups in total. The summed E-state index contributed by atoms with van der Waals surface area (Å²) < 4.78 is 125. The number of benzene rings is 9. The van der Waals surface area contributed by atoms with Gasteiger partial charge in [-0.25, -0.2) is 0 Å². The summed E-state index contributed by atoms with van der Waals surface area (Å²) in [5.41, 5.74) is 3.19. The molecule has 0 fully saturated rings. The molecule has 228 valence electrons. The summed E-state index contributed by atoms with van der Waals surface area (Å²) in [6.45, 7) is 0. The zero-order chi connectivity index (χ0) is 43.6. The van der Waals surface area contributed by atoms with Crippen molar-refractivity contribution in [1.29, 1.82) is 0 Å². The van der Waals surface area contributed by atoms with Gasteiger partial charge in [-0.2, -0.15) is 0 Å². The molecule has 0 saturated heterocycles.